The van der Waals surface area contributed by atoms with E-state index in [0.717, 1.165) is 30.8 Å². The van der Waals surface area contributed by atoms with Crippen LogP contribution in [0.4, 0.5) is 4.79 Å². The third-order valence-electron chi connectivity index (χ3n) is 4.77. The number of benzene rings is 1. The number of hydrogen-bond donors (Lipinski definition) is 1. The van der Waals surface area contributed by atoms with Crippen molar-refractivity contribution in [2.75, 3.05) is 19.7 Å². The molecule has 0 aliphatic carbocycles. The molecule has 1 fully saturated rings. The molecule has 7 heteroatoms. The molecule has 3 rings (SSSR count). The third-order valence-corrected chi connectivity index (χ3v) is 4.77. The van der Waals surface area contributed by atoms with E-state index in [2.05, 4.69) is 29.4 Å². The minimum atomic E-state index is -0.119. The summed E-state index contributed by atoms with van der Waals surface area (Å²) in [5.74, 6) is 0.750. The number of carbonyl (C=O) groups excluding carboxylic acids is 1. The van der Waals surface area contributed by atoms with Crippen molar-refractivity contribution in [2.45, 2.75) is 45.4 Å². The highest BCUT2D eigenvalue weighted by molar-refractivity contribution is 5.74. The van der Waals surface area contributed by atoms with Crippen molar-refractivity contribution in [1.29, 1.82) is 0 Å². The van der Waals surface area contributed by atoms with Crippen molar-refractivity contribution >= 4 is 12.1 Å². The molecule has 1 aliphatic rings. The molecule has 7 nitrogen and oxygen atoms in total. The van der Waals surface area contributed by atoms with E-state index in [9.17, 15) is 4.79 Å². The zero-order valence-corrected chi connectivity index (χ0v) is 16.6. The van der Waals surface area contributed by atoms with Crippen LogP contribution >= 0.6 is 0 Å². The van der Waals surface area contributed by atoms with Crippen LogP contribution in [0.15, 0.2) is 42.7 Å². The minimum Gasteiger partial charge on any atom is -0.376 e. The summed E-state index contributed by atoms with van der Waals surface area (Å²) < 4.78 is 7.69. The molecule has 0 saturated carbocycles. The number of nitrogens with one attached hydrogen (secondary N) is 1. The molecule has 0 radical (unpaired) electrons. The molecule has 2 aromatic rings. The topological polar surface area (TPSA) is 72.3 Å². The number of ether oxygens (including phenoxy) is 1. The number of urea groups is 1. The Morgan fingerprint density at radius 3 is 2.93 bits per heavy atom. The van der Waals surface area contributed by atoms with E-state index in [1.54, 1.807) is 11.2 Å². The van der Waals surface area contributed by atoms with Crippen molar-refractivity contribution in [1.82, 2.24) is 25.0 Å². The van der Waals surface area contributed by atoms with E-state index in [1.165, 1.54) is 0 Å². The van der Waals surface area contributed by atoms with Gasteiger partial charge in [0.05, 0.1) is 12.6 Å². The van der Waals surface area contributed by atoms with Crippen LogP contribution in [0.5, 0.6) is 0 Å². The van der Waals surface area contributed by atoms with Crippen LogP contribution in [-0.4, -0.2) is 51.5 Å². The lowest BCUT2D eigenvalue weighted by molar-refractivity contribution is 0.0841. The highest BCUT2D eigenvalue weighted by Crippen LogP contribution is 2.14. The van der Waals surface area contributed by atoms with Gasteiger partial charge in [0.15, 0.2) is 5.82 Å². The van der Waals surface area contributed by atoms with Crippen LogP contribution < -0.4 is 5.32 Å². The van der Waals surface area contributed by atoms with Gasteiger partial charge in [0, 0.05) is 25.7 Å². The second-order valence-corrected chi connectivity index (χ2v) is 7.26. The van der Waals surface area contributed by atoms with Crippen LogP contribution in [0.2, 0.25) is 0 Å². The van der Waals surface area contributed by atoms with Crippen molar-refractivity contribution < 1.29 is 9.53 Å². The lowest BCUT2D eigenvalue weighted by atomic mass is 10.2. The average Bonchev–Trinajstić information content (AvgIpc) is 3.38. The number of hydrogen-bond acceptors (Lipinski definition) is 4. The molecule has 1 aromatic heterocycles. The molecule has 0 spiro atoms. The van der Waals surface area contributed by atoms with Gasteiger partial charge in [0.1, 0.15) is 6.33 Å². The molecular weight excluding hydrogens is 354 g/mol. The van der Waals surface area contributed by atoms with E-state index < -0.39 is 0 Å². The Morgan fingerprint density at radius 1 is 1.39 bits per heavy atom. The van der Waals surface area contributed by atoms with Gasteiger partial charge in [-0.25, -0.2) is 4.79 Å². The Labute approximate surface area is 166 Å². The monoisotopic (exact) mass is 383 g/mol. The fourth-order valence-electron chi connectivity index (χ4n) is 3.25. The van der Waals surface area contributed by atoms with Crippen LogP contribution in [0.3, 0.4) is 0 Å². The number of rotatable bonds is 8. The van der Waals surface area contributed by atoms with Crippen molar-refractivity contribution in [2.24, 2.45) is 0 Å². The summed E-state index contributed by atoms with van der Waals surface area (Å²) in [6, 6.07) is 10.2. The summed E-state index contributed by atoms with van der Waals surface area (Å²) in [6.07, 6.45) is 7.89. The average molecular weight is 383 g/mol. The van der Waals surface area contributed by atoms with Gasteiger partial charge in [-0.15, -0.1) is 10.2 Å². The first kappa shape index (κ1) is 20.1. The van der Waals surface area contributed by atoms with Gasteiger partial charge in [0.25, 0.3) is 0 Å². The number of aromatic nitrogens is 3. The summed E-state index contributed by atoms with van der Waals surface area (Å²) in [7, 11) is 0. The summed E-state index contributed by atoms with van der Waals surface area (Å²) in [6.45, 7) is 6.36. The number of carbonyl (C=O) groups is 1. The predicted octanol–water partition coefficient (Wildman–Crippen LogP) is 3.26. The van der Waals surface area contributed by atoms with Gasteiger partial charge in [-0.05, 0) is 32.3 Å². The van der Waals surface area contributed by atoms with Crippen molar-refractivity contribution in [3.05, 3.63) is 54.1 Å². The van der Waals surface area contributed by atoms with E-state index in [1.807, 2.05) is 47.1 Å². The molecule has 1 atom stereocenters. The second-order valence-electron chi connectivity index (χ2n) is 7.26. The maximum Gasteiger partial charge on any atom is 0.318 e. The van der Waals surface area contributed by atoms with E-state index >= 15 is 0 Å². The zero-order valence-electron chi connectivity index (χ0n) is 16.6. The van der Waals surface area contributed by atoms with Crippen molar-refractivity contribution in [3.63, 3.8) is 0 Å². The lowest BCUT2D eigenvalue weighted by Gasteiger charge is -2.24. The lowest BCUT2D eigenvalue weighted by Crippen LogP contribution is -2.43. The largest absolute Gasteiger partial charge is 0.376 e. The second kappa shape index (κ2) is 10.0. The van der Waals surface area contributed by atoms with Crippen molar-refractivity contribution in [3.8, 4) is 0 Å². The van der Waals surface area contributed by atoms with Gasteiger partial charge in [-0.2, -0.15) is 0 Å². The first-order valence-electron chi connectivity index (χ1n) is 9.88. The molecular formula is C21H29N5O2. The summed E-state index contributed by atoms with van der Waals surface area (Å²) >= 11 is 0. The zero-order chi connectivity index (χ0) is 19.8. The molecule has 2 amide bonds. The summed E-state index contributed by atoms with van der Waals surface area (Å²) in [4.78, 5) is 14.6. The van der Waals surface area contributed by atoms with Gasteiger partial charge in [0.2, 0.25) is 0 Å². The Kier molecular flexibility index (Phi) is 7.19. The molecule has 1 aliphatic heterocycles. The Morgan fingerprint density at radius 2 is 2.21 bits per heavy atom. The Balaban J connectivity index is 1.60. The molecule has 1 aromatic carbocycles. The third kappa shape index (κ3) is 5.66. The molecule has 150 valence electrons. The van der Waals surface area contributed by atoms with Crippen LogP contribution in [0.1, 0.15) is 44.1 Å². The first-order chi connectivity index (χ1) is 13.6. The summed E-state index contributed by atoms with van der Waals surface area (Å²) in [5.41, 5.74) is 1.12. The van der Waals surface area contributed by atoms with E-state index in [0.29, 0.717) is 19.6 Å². The molecule has 1 saturated heterocycles. The predicted molar refractivity (Wildman–Crippen MR) is 109 cm³/mol. The molecule has 2 heterocycles. The molecule has 28 heavy (non-hydrogen) atoms. The fourth-order valence-corrected chi connectivity index (χ4v) is 3.25. The maximum atomic E-state index is 12.8. The van der Waals surface area contributed by atoms with Crippen LogP contribution in [0.25, 0.3) is 6.08 Å². The number of nitrogens with zero attached hydrogens (tertiary/aromatic N) is 4. The molecule has 1 N–H and O–H groups in total. The molecule has 1 unspecified atom stereocenters. The maximum absolute atomic E-state index is 12.8. The van der Waals surface area contributed by atoms with Gasteiger partial charge in [-0.1, -0.05) is 42.5 Å². The first-order valence-corrected chi connectivity index (χ1v) is 9.88. The minimum absolute atomic E-state index is 0.107. The van der Waals surface area contributed by atoms with Crippen LogP contribution in [-0.2, 0) is 11.3 Å². The molecule has 0 bridgehead atoms. The highest BCUT2D eigenvalue weighted by atomic mass is 16.5. The number of amides is 2. The Bertz CT molecular complexity index is 766. The Hall–Kier alpha value is -2.67. The smallest absolute Gasteiger partial charge is 0.318 e. The van der Waals surface area contributed by atoms with Gasteiger partial charge in [-0.3, -0.25) is 0 Å². The van der Waals surface area contributed by atoms with Gasteiger partial charge >= 0.3 is 6.03 Å². The quantitative estimate of drug-likeness (QED) is 0.759. The fraction of sp³-hybridized carbons (Fsp3) is 0.476. The normalized spacial score (nSPS) is 16.8. The van der Waals surface area contributed by atoms with Crippen LogP contribution in [0, 0.1) is 0 Å². The standard InChI is InChI=1S/C21H29N5O2/c1-17(2)26-16-23-24-20(26)14-22-21(27)25(15-19-11-7-13-28-19)12-6-10-18-8-4-3-5-9-18/h3-6,8-10,16-17,19H,7,11-15H2,1-2H3,(H,22,27)/b10-6+. The SMILES string of the molecule is CC(C)n1cnnc1CNC(=O)N(C/C=C/c1ccccc1)CC1CCCO1. The van der Waals surface area contributed by atoms with Gasteiger partial charge < -0.3 is 19.5 Å². The highest BCUT2D eigenvalue weighted by Gasteiger charge is 2.22. The van der Waals surface area contributed by atoms with E-state index in [-0.39, 0.29) is 18.2 Å². The van der Waals surface area contributed by atoms with E-state index in [4.69, 9.17) is 4.74 Å². The summed E-state index contributed by atoms with van der Waals surface area (Å²) in [5, 5.41) is 11.0.